The van der Waals surface area contributed by atoms with Crippen LogP contribution in [0.3, 0.4) is 0 Å². The predicted octanol–water partition coefficient (Wildman–Crippen LogP) is 7.34. The highest BCUT2D eigenvalue weighted by Gasteiger charge is 2.34. The zero-order valence-corrected chi connectivity index (χ0v) is 16.8. The largest absolute Gasteiger partial charge is 0.418 e. The smallest absolute Gasteiger partial charge is 0.259 e. The van der Waals surface area contributed by atoms with Gasteiger partial charge in [-0.15, -0.1) is 0 Å². The molecule has 2 nitrogen and oxygen atoms in total. The van der Waals surface area contributed by atoms with E-state index in [2.05, 4.69) is 5.10 Å². The zero-order valence-electron chi connectivity index (χ0n) is 16.8. The number of nitrogens with zero attached hydrogens (tertiary/aromatic N) is 2. The maximum absolute atomic E-state index is 14.4. The first kappa shape index (κ1) is 21.1. The number of benzene rings is 4. The Morgan fingerprint density at radius 2 is 1.45 bits per heavy atom. The van der Waals surface area contributed by atoms with Gasteiger partial charge in [-0.3, -0.25) is 4.68 Å². The lowest BCUT2D eigenvalue weighted by molar-refractivity contribution is -0.136. The molecule has 33 heavy (non-hydrogen) atoms. The van der Waals surface area contributed by atoms with Gasteiger partial charge in [-0.25, -0.2) is 13.2 Å². The van der Waals surface area contributed by atoms with Crippen molar-refractivity contribution in [2.45, 2.75) is 12.7 Å². The van der Waals surface area contributed by atoms with Crippen LogP contribution in [0.25, 0.3) is 32.9 Å². The topological polar surface area (TPSA) is 17.8 Å². The van der Waals surface area contributed by atoms with E-state index in [0.29, 0.717) is 17.7 Å². The van der Waals surface area contributed by atoms with E-state index in [0.717, 1.165) is 21.5 Å². The maximum atomic E-state index is 14.4. The molecule has 166 valence electrons. The lowest BCUT2D eigenvalue weighted by Crippen LogP contribution is -2.09. The fourth-order valence-electron chi connectivity index (χ4n) is 4.01. The molecule has 0 spiro atoms. The molecule has 0 amide bonds. The SMILES string of the molecule is Fc1cc(F)c(Cn2nc3c(C(F)(F)F)cccc3c2-c2ccc3ccccc3c2)c(F)c1. The van der Waals surface area contributed by atoms with E-state index in [1.54, 1.807) is 18.2 Å². The van der Waals surface area contributed by atoms with E-state index >= 15 is 0 Å². The highest BCUT2D eigenvalue weighted by atomic mass is 19.4. The van der Waals surface area contributed by atoms with Crippen LogP contribution in [0.2, 0.25) is 0 Å². The molecule has 0 fully saturated rings. The van der Waals surface area contributed by atoms with Gasteiger partial charge < -0.3 is 0 Å². The van der Waals surface area contributed by atoms with Gasteiger partial charge in [0.2, 0.25) is 0 Å². The number of alkyl halides is 3. The minimum absolute atomic E-state index is 0.183. The van der Waals surface area contributed by atoms with Crippen LogP contribution in [-0.4, -0.2) is 9.78 Å². The van der Waals surface area contributed by atoms with Gasteiger partial charge in [0.25, 0.3) is 0 Å². The molecule has 4 aromatic carbocycles. The molecule has 1 aromatic heterocycles. The first-order valence-corrected chi connectivity index (χ1v) is 9.91. The average molecular weight is 456 g/mol. The second kappa shape index (κ2) is 7.65. The molecule has 0 aliphatic rings. The number of fused-ring (bicyclic) bond motifs is 2. The molecule has 0 saturated carbocycles. The Bertz CT molecular complexity index is 1490. The van der Waals surface area contributed by atoms with E-state index in [4.69, 9.17) is 0 Å². The van der Waals surface area contributed by atoms with Crippen molar-refractivity contribution in [3.05, 3.63) is 101 Å². The van der Waals surface area contributed by atoms with E-state index in [1.165, 1.54) is 12.1 Å². The number of hydrogen-bond acceptors (Lipinski definition) is 1. The van der Waals surface area contributed by atoms with Crippen molar-refractivity contribution < 1.29 is 26.3 Å². The maximum Gasteiger partial charge on any atom is 0.418 e. The first-order chi connectivity index (χ1) is 15.7. The fourth-order valence-corrected chi connectivity index (χ4v) is 4.01. The zero-order chi connectivity index (χ0) is 23.3. The summed E-state index contributed by atoms with van der Waals surface area (Å²) in [4.78, 5) is 0. The summed E-state index contributed by atoms with van der Waals surface area (Å²) < 4.78 is 84.2. The van der Waals surface area contributed by atoms with E-state index in [9.17, 15) is 26.3 Å². The van der Waals surface area contributed by atoms with Gasteiger partial charge in [-0.1, -0.05) is 48.5 Å². The Kier molecular flexibility index (Phi) is 4.88. The summed E-state index contributed by atoms with van der Waals surface area (Å²) >= 11 is 0. The van der Waals surface area contributed by atoms with Crippen LogP contribution >= 0.6 is 0 Å². The Labute approximate surface area is 183 Å². The minimum Gasteiger partial charge on any atom is -0.259 e. The van der Waals surface area contributed by atoms with Crippen LogP contribution < -0.4 is 0 Å². The molecule has 5 aromatic rings. The quantitative estimate of drug-likeness (QED) is 0.260. The third-order valence-electron chi connectivity index (χ3n) is 5.51. The molecule has 0 atom stereocenters. The fraction of sp³-hybridized carbons (Fsp3) is 0.0800. The summed E-state index contributed by atoms with van der Waals surface area (Å²) in [5.74, 6) is -3.38. The molecule has 0 bridgehead atoms. The molecule has 0 saturated heterocycles. The number of rotatable bonds is 3. The normalized spacial score (nSPS) is 12.1. The second-order valence-corrected chi connectivity index (χ2v) is 7.62. The predicted molar refractivity (Wildman–Crippen MR) is 113 cm³/mol. The van der Waals surface area contributed by atoms with Crippen LogP contribution in [0, 0.1) is 17.5 Å². The second-order valence-electron chi connectivity index (χ2n) is 7.62. The molecular weight excluding hydrogens is 442 g/mol. The van der Waals surface area contributed by atoms with Crippen LogP contribution in [0.5, 0.6) is 0 Å². The highest BCUT2D eigenvalue weighted by molar-refractivity contribution is 5.98. The summed E-state index contributed by atoms with van der Waals surface area (Å²) in [6.07, 6.45) is -4.67. The van der Waals surface area contributed by atoms with Crippen LogP contribution in [0.1, 0.15) is 11.1 Å². The van der Waals surface area contributed by atoms with Gasteiger partial charge in [0.05, 0.1) is 17.8 Å². The number of hydrogen-bond donors (Lipinski definition) is 0. The summed E-state index contributed by atoms with van der Waals surface area (Å²) in [5.41, 5.74) is -1.000. The summed E-state index contributed by atoms with van der Waals surface area (Å²) in [6.45, 7) is -0.522. The van der Waals surface area contributed by atoms with Gasteiger partial charge in [0.15, 0.2) is 0 Å². The van der Waals surface area contributed by atoms with Crippen LogP contribution in [0.15, 0.2) is 72.8 Å². The number of aromatic nitrogens is 2. The molecule has 8 heteroatoms. The van der Waals surface area contributed by atoms with Gasteiger partial charge >= 0.3 is 6.18 Å². The van der Waals surface area contributed by atoms with E-state index in [-0.39, 0.29) is 16.6 Å². The Morgan fingerprint density at radius 1 is 0.758 bits per heavy atom. The summed E-state index contributed by atoms with van der Waals surface area (Å²) in [6, 6.07) is 17.4. The van der Waals surface area contributed by atoms with Crippen molar-refractivity contribution in [1.82, 2.24) is 9.78 Å². The third kappa shape index (κ3) is 3.71. The van der Waals surface area contributed by atoms with E-state index in [1.807, 2.05) is 24.3 Å². The lowest BCUT2D eigenvalue weighted by Gasteiger charge is -2.11. The Balaban J connectivity index is 1.79. The number of halogens is 6. The Hall–Kier alpha value is -3.81. The molecule has 5 rings (SSSR count). The molecule has 0 aliphatic heterocycles. The van der Waals surface area contributed by atoms with Crippen LogP contribution in [0.4, 0.5) is 26.3 Å². The van der Waals surface area contributed by atoms with Crippen molar-refractivity contribution in [3.8, 4) is 11.3 Å². The Morgan fingerprint density at radius 3 is 2.15 bits per heavy atom. The van der Waals surface area contributed by atoms with Crippen molar-refractivity contribution >= 4 is 21.7 Å². The van der Waals surface area contributed by atoms with Crippen LogP contribution in [-0.2, 0) is 12.7 Å². The lowest BCUT2D eigenvalue weighted by atomic mass is 10.0. The highest BCUT2D eigenvalue weighted by Crippen LogP contribution is 2.39. The molecular formula is C25H14F6N2. The molecule has 0 radical (unpaired) electrons. The molecule has 0 unspecified atom stereocenters. The van der Waals surface area contributed by atoms with Gasteiger partial charge in [0.1, 0.15) is 23.0 Å². The van der Waals surface area contributed by atoms with Gasteiger partial charge in [0, 0.05) is 28.6 Å². The molecule has 1 heterocycles. The first-order valence-electron chi connectivity index (χ1n) is 9.91. The summed E-state index contributed by atoms with van der Waals surface area (Å²) in [5, 5.41) is 6.04. The minimum atomic E-state index is -4.67. The van der Waals surface area contributed by atoms with E-state index < -0.39 is 41.3 Å². The third-order valence-corrected chi connectivity index (χ3v) is 5.51. The monoisotopic (exact) mass is 456 g/mol. The average Bonchev–Trinajstić information content (AvgIpc) is 3.13. The van der Waals surface area contributed by atoms with Gasteiger partial charge in [-0.2, -0.15) is 18.3 Å². The van der Waals surface area contributed by atoms with Crippen molar-refractivity contribution in [3.63, 3.8) is 0 Å². The van der Waals surface area contributed by atoms with Crippen molar-refractivity contribution in [2.24, 2.45) is 0 Å². The van der Waals surface area contributed by atoms with Crippen molar-refractivity contribution in [1.29, 1.82) is 0 Å². The van der Waals surface area contributed by atoms with Crippen molar-refractivity contribution in [2.75, 3.05) is 0 Å². The standard InChI is InChI=1S/C25H14F6N2/c26-17-11-21(27)19(22(28)12-17)13-33-24(16-9-8-14-4-1-2-5-15(14)10-16)18-6-3-7-20(23(18)32-33)25(29,30)31/h1-12H,13H2. The van der Waals surface area contributed by atoms with Gasteiger partial charge in [-0.05, 0) is 22.9 Å². The molecule has 0 aliphatic carbocycles. The summed E-state index contributed by atoms with van der Waals surface area (Å²) in [7, 11) is 0. The molecule has 0 N–H and O–H groups in total.